The zero-order valence-corrected chi connectivity index (χ0v) is 15.9. The molecule has 0 fully saturated rings. The normalized spacial score (nSPS) is 12.3. The van der Waals surface area contributed by atoms with E-state index in [1.165, 1.54) is 60.5 Å². The van der Waals surface area contributed by atoms with Crippen LogP contribution < -0.4 is 0 Å². The highest BCUT2D eigenvalue weighted by atomic mass is 14.2. The molecule has 6 rings (SSSR count). The largest absolute Gasteiger partial charge is 0.0613 e. The summed E-state index contributed by atoms with van der Waals surface area (Å²) in [6, 6.07) is 33.8. The van der Waals surface area contributed by atoms with Crippen molar-refractivity contribution in [1.82, 2.24) is 0 Å². The van der Waals surface area contributed by atoms with Crippen molar-refractivity contribution in [3.8, 4) is 22.3 Å². The maximum atomic E-state index is 2.40. The third-order valence-corrected chi connectivity index (χ3v) is 6.11. The first-order valence-corrected chi connectivity index (χ1v) is 9.91. The number of aryl methyl sites for hydroxylation is 1. The first-order chi connectivity index (χ1) is 13.8. The number of benzene rings is 5. The minimum absolute atomic E-state index is 1.01. The molecular weight excluding hydrogens is 336 g/mol. The Balaban J connectivity index is 1.59. The van der Waals surface area contributed by atoms with E-state index in [2.05, 4.69) is 97.9 Å². The summed E-state index contributed by atoms with van der Waals surface area (Å²) in [5.41, 5.74) is 9.48. The number of rotatable bonds is 1. The fourth-order valence-corrected chi connectivity index (χ4v) is 4.66. The Hall–Kier alpha value is -3.38. The van der Waals surface area contributed by atoms with Gasteiger partial charge in [0.25, 0.3) is 0 Å². The van der Waals surface area contributed by atoms with Crippen molar-refractivity contribution in [3.05, 3.63) is 108 Å². The van der Waals surface area contributed by atoms with E-state index in [9.17, 15) is 0 Å². The molecule has 5 aromatic rings. The van der Waals surface area contributed by atoms with Gasteiger partial charge in [-0.25, -0.2) is 0 Å². The Morgan fingerprint density at radius 2 is 1.32 bits per heavy atom. The summed E-state index contributed by atoms with van der Waals surface area (Å²) in [5, 5.41) is 5.40. The van der Waals surface area contributed by atoms with Crippen molar-refractivity contribution in [2.75, 3.05) is 0 Å². The molecule has 0 aromatic heterocycles. The van der Waals surface area contributed by atoms with Crippen molar-refractivity contribution >= 4 is 21.5 Å². The second-order valence-corrected chi connectivity index (χ2v) is 7.93. The average molecular weight is 356 g/mol. The molecule has 0 saturated heterocycles. The van der Waals surface area contributed by atoms with Crippen LogP contribution in [0.25, 0.3) is 43.8 Å². The molecule has 0 heteroatoms. The van der Waals surface area contributed by atoms with Crippen molar-refractivity contribution in [2.45, 2.75) is 13.3 Å². The summed E-state index contributed by atoms with van der Waals surface area (Å²) < 4.78 is 0. The van der Waals surface area contributed by atoms with E-state index >= 15 is 0 Å². The molecule has 0 atom stereocenters. The molecule has 0 heterocycles. The van der Waals surface area contributed by atoms with Crippen molar-refractivity contribution in [3.63, 3.8) is 0 Å². The van der Waals surface area contributed by atoms with E-state index in [1.807, 2.05) is 0 Å². The highest BCUT2D eigenvalue weighted by Crippen LogP contribution is 2.41. The van der Waals surface area contributed by atoms with E-state index in [1.54, 1.807) is 0 Å². The molecule has 0 nitrogen and oxygen atoms in total. The predicted octanol–water partition coefficient (Wildman–Crippen LogP) is 7.54. The van der Waals surface area contributed by atoms with Crippen LogP contribution in [0.1, 0.15) is 16.7 Å². The summed E-state index contributed by atoms with van der Waals surface area (Å²) in [4.78, 5) is 0. The van der Waals surface area contributed by atoms with Crippen LogP contribution in [-0.4, -0.2) is 0 Å². The fourth-order valence-electron chi connectivity index (χ4n) is 4.66. The zero-order chi connectivity index (χ0) is 18.7. The highest BCUT2D eigenvalue weighted by Gasteiger charge is 2.18. The molecular formula is C28H20. The van der Waals surface area contributed by atoms with Crippen LogP contribution in [0.4, 0.5) is 0 Å². The minimum atomic E-state index is 1.01. The molecule has 0 N–H and O–H groups in total. The minimum Gasteiger partial charge on any atom is -0.0613 e. The van der Waals surface area contributed by atoms with Crippen molar-refractivity contribution < 1.29 is 0 Å². The van der Waals surface area contributed by atoms with Gasteiger partial charge in [-0.2, -0.15) is 0 Å². The van der Waals surface area contributed by atoms with E-state index in [4.69, 9.17) is 0 Å². The van der Waals surface area contributed by atoms with Gasteiger partial charge in [-0.1, -0.05) is 84.4 Å². The van der Waals surface area contributed by atoms with Crippen LogP contribution in [0.2, 0.25) is 0 Å². The summed E-state index contributed by atoms with van der Waals surface area (Å²) in [5.74, 6) is 0. The summed E-state index contributed by atoms with van der Waals surface area (Å²) in [7, 11) is 0. The molecule has 0 saturated carbocycles. The molecule has 132 valence electrons. The molecule has 0 aliphatic heterocycles. The molecule has 1 aliphatic rings. The van der Waals surface area contributed by atoms with Gasteiger partial charge in [-0.05, 0) is 80.4 Å². The summed E-state index contributed by atoms with van der Waals surface area (Å²) >= 11 is 0. The van der Waals surface area contributed by atoms with Crippen LogP contribution in [-0.2, 0) is 6.42 Å². The van der Waals surface area contributed by atoms with Gasteiger partial charge in [0.05, 0.1) is 0 Å². The smallest absolute Gasteiger partial charge is 0.00130 e. The van der Waals surface area contributed by atoms with E-state index in [0.717, 1.165) is 6.42 Å². The maximum absolute atomic E-state index is 2.40. The Morgan fingerprint density at radius 3 is 2.18 bits per heavy atom. The lowest BCUT2D eigenvalue weighted by Gasteiger charge is -2.21. The zero-order valence-electron chi connectivity index (χ0n) is 15.9. The summed E-state index contributed by atoms with van der Waals surface area (Å²) in [6.07, 6.45) is 1.01. The quantitative estimate of drug-likeness (QED) is 0.285. The maximum Gasteiger partial charge on any atom is -0.00130 e. The number of hydrogen-bond donors (Lipinski definition) is 0. The van der Waals surface area contributed by atoms with Gasteiger partial charge in [0.2, 0.25) is 0 Å². The van der Waals surface area contributed by atoms with Gasteiger partial charge in [-0.15, -0.1) is 0 Å². The molecule has 28 heavy (non-hydrogen) atoms. The number of fused-ring (bicyclic) bond motifs is 3. The molecule has 0 bridgehead atoms. The second-order valence-electron chi connectivity index (χ2n) is 7.93. The molecule has 1 aliphatic carbocycles. The Kier molecular flexibility index (Phi) is 3.25. The molecule has 0 spiro atoms. The van der Waals surface area contributed by atoms with E-state index < -0.39 is 0 Å². The van der Waals surface area contributed by atoms with Crippen molar-refractivity contribution in [2.24, 2.45) is 0 Å². The third-order valence-electron chi connectivity index (χ3n) is 6.11. The Labute approximate surface area is 165 Å². The van der Waals surface area contributed by atoms with Gasteiger partial charge >= 0.3 is 0 Å². The molecule has 0 unspecified atom stereocenters. The lowest BCUT2D eigenvalue weighted by atomic mass is 9.82. The standard InChI is InChI=1S/C28H20/c1-18-8-10-19(11-9-18)21-12-13-22-15-25-16-23-6-2-4-20-5-3-7-26(28(20)23)27(25)17-24(22)14-21/h2-15,17H,16H2,1H3. The Morgan fingerprint density at radius 1 is 0.536 bits per heavy atom. The topological polar surface area (TPSA) is 0 Å². The highest BCUT2D eigenvalue weighted by molar-refractivity contribution is 6.04. The fraction of sp³-hybridized carbons (Fsp3) is 0.0714. The van der Waals surface area contributed by atoms with Crippen LogP contribution in [0.15, 0.2) is 91.0 Å². The van der Waals surface area contributed by atoms with Crippen LogP contribution >= 0.6 is 0 Å². The van der Waals surface area contributed by atoms with Gasteiger partial charge < -0.3 is 0 Å². The first kappa shape index (κ1) is 15.7. The SMILES string of the molecule is Cc1ccc(-c2ccc3cc4c(cc3c2)-c2cccc3cccc(c23)C4)cc1. The van der Waals surface area contributed by atoms with E-state index in [0.29, 0.717) is 0 Å². The Bertz CT molecular complexity index is 1370. The lowest BCUT2D eigenvalue weighted by molar-refractivity contribution is 1.21. The monoisotopic (exact) mass is 356 g/mol. The average Bonchev–Trinajstić information content (AvgIpc) is 2.73. The first-order valence-electron chi connectivity index (χ1n) is 9.91. The van der Waals surface area contributed by atoms with E-state index in [-0.39, 0.29) is 0 Å². The number of hydrogen-bond acceptors (Lipinski definition) is 0. The van der Waals surface area contributed by atoms with Gasteiger partial charge in [0, 0.05) is 0 Å². The summed E-state index contributed by atoms with van der Waals surface area (Å²) in [6.45, 7) is 2.13. The second kappa shape index (κ2) is 5.81. The van der Waals surface area contributed by atoms with Crippen LogP contribution in [0, 0.1) is 6.92 Å². The molecule has 5 aromatic carbocycles. The molecule has 0 radical (unpaired) electrons. The van der Waals surface area contributed by atoms with Gasteiger partial charge in [0.15, 0.2) is 0 Å². The van der Waals surface area contributed by atoms with Crippen molar-refractivity contribution in [1.29, 1.82) is 0 Å². The predicted molar refractivity (Wildman–Crippen MR) is 120 cm³/mol. The van der Waals surface area contributed by atoms with Gasteiger partial charge in [-0.3, -0.25) is 0 Å². The van der Waals surface area contributed by atoms with Gasteiger partial charge in [0.1, 0.15) is 0 Å². The third kappa shape index (κ3) is 2.31. The molecule has 0 amide bonds. The lowest BCUT2D eigenvalue weighted by Crippen LogP contribution is -2.01. The van der Waals surface area contributed by atoms with Crippen LogP contribution in [0.3, 0.4) is 0 Å². The van der Waals surface area contributed by atoms with Crippen LogP contribution in [0.5, 0.6) is 0 Å².